The molecule has 1 amide bonds. The number of hydrogen-bond acceptors (Lipinski definition) is 6. The molecule has 150 valence electrons. The molecule has 1 aromatic carbocycles. The summed E-state index contributed by atoms with van der Waals surface area (Å²) in [6.45, 7) is 2.44. The minimum atomic E-state index is -3.24. The summed E-state index contributed by atoms with van der Waals surface area (Å²) in [4.78, 5) is 17.1. The maximum absolute atomic E-state index is 12.7. The van der Waals surface area contributed by atoms with Crippen molar-refractivity contribution in [3.8, 4) is 10.4 Å². The third-order valence-corrected chi connectivity index (χ3v) is 8.42. The number of anilines is 2. The first kappa shape index (κ1) is 19.4. The largest absolute Gasteiger partial charge is 0.375 e. The zero-order chi connectivity index (χ0) is 19.9. The predicted octanol–water partition coefficient (Wildman–Crippen LogP) is 2.95. The number of aryl methyl sites for hydroxylation is 2. The van der Waals surface area contributed by atoms with Crippen LogP contribution in [0.5, 0.6) is 0 Å². The molecule has 28 heavy (non-hydrogen) atoms. The van der Waals surface area contributed by atoms with Gasteiger partial charge in [-0.2, -0.15) is 0 Å². The van der Waals surface area contributed by atoms with E-state index < -0.39 is 10.0 Å². The van der Waals surface area contributed by atoms with Crippen LogP contribution in [0, 0.1) is 6.92 Å². The van der Waals surface area contributed by atoms with Gasteiger partial charge in [0.2, 0.25) is 10.0 Å². The first-order valence-electron chi connectivity index (χ1n) is 9.31. The molecule has 2 aromatic rings. The highest BCUT2D eigenvalue weighted by atomic mass is 32.2. The van der Waals surface area contributed by atoms with Gasteiger partial charge in [0.1, 0.15) is 6.61 Å². The van der Waals surface area contributed by atoms with Crippen LogP contribution in [0.3, 0.4) is 0 Å². The van der Waals surface area contributed by atoms with Gasteiger partial charge in [-0.25, -0.2) is 13.4 Å². The van der Waals surface area contributed by atoms with Crippen molar-refractivity contribution < 1.29 is 17.9 Å². The number of thiazole rings is 1. The van der Waals surface area contributed by atoms with Crippen LogP contribution in [0.25, 0.3) is 10.4 Å². The van der Waals surface area contributed by atoms with Crippen LogP contribution in [0.1, 0.15) is 30.5 Å². The molecule has 0 saturated heterocycles. The molecular weight excluding hydrogens is 398 g/mol. The Morgan fingerprint density at radius 2 is 2.18 bits per heavy atom. The quantitative estimate of drug-likeness (QED) is 0.775. The van der Waals surface area contributed by atoms with Gasteiger partial charge in [0.15, 0.2) is 5.13 Å². The number of hydrogen-bond donors (Lipinski definition) is 1. The summed E-state index contributed by atoms with van der Waals surface area (Å²) >= 11 is 1.41. The molecule has 1 saturated carbocycles. The van der Waals surface area contributed by atoms with E-state index in [9.17, 15) is 13.2 Å². The molecule has 0 atom stereocenters. The molecule has 4 rings (SSSR count). The molecule has 2 heterocycles. The molecule has 0 spiro atoms. The van der Waals surface area contributed by atoms with E-state index in [-0.39, 0.29) is 17.8 Å². The van der Waals surface area contributed by atoms with Crippen molar-refractivity contribution >= 4 is 38.1 Å². The highest BCUT2D eigenvalue weighted by Gasteiger charge is 2.41. The summed E-state index contributed by atoms with van der Waals surface area (Å²) < 4.78 is 31.9. The molecule has 9 heteroatoms. The Morgan fingerprint density at radius 3 is 2.89 bits per heavy atom. The minimum Gasteiger partial charge on any atom is -0.375 e. The first-order chi connectivity index (χ1) is 13.4. The Morgan fingerprint density at radius 1 is 1.39 bits per heavy atom. The molecule has 0 unspecified atom stereocenters. The Balaban J connectivity index is 1.63. The number of nitrogens with zero attached hydrogens (tertiary/aromatic N) is 2. The number of carbonyl (C=O) groups excluding carboxylic acids is 1. The van der Waals surface area contributed by atoms with Crippen LogP contribution < -0.4 is 9.62 Å². The number of benzene rings is 1. The third kappa shape index (κ3) is 3.66. The van der Waals surface area contributed by atoms with E-state index in [1.807, 2.05) is 19.1 Å². The minimum absolute atomic E-state index is 0.0158. The summed E-state index contributed by atoms with van der Waals surface area (Å²) in [6.07, 6.45) is 3.21. The first-order valence-corrected chi connectivity index (χ1v) is 11.6. The van der Waals surface area contributed by atoms with Crippen LogP contribution in [-0.4, -0.2) is 44.8 Å². The van der Waals surface area contributed by atoms with Crippen molar-refractivity contribution in [2.24, 2.45) is 0 Å². The summed E-state index contributed by atoms with van der Waals surface area (Å²) in [5.74, 6) is -0.242. The molecule has 2 aliphatic rings. The molecule has 1 aliphatic carbocycles. The molecule has 1 aliphatic heterocycles. The molecule has 1 N–H and O–H groups in total. The van der Waals surface area contributed by atoms with E-state index in [0.717, 1.165) is 53.1 Å². The van der Waals surface area contributed by atoms with Gasteiger partial charge in [-0.1, -0.05) is 17.4 Å². The van der Waals surface area contributed by atoms with Gasteiger partial charge in [-0.3, -0.25) is 14.4 Å². The van der Waals surface area contributed by atoms with Crippen LogP contribution in [0.15, 0.2) is 18.2 Å². The molecule has 1 aromatic heterocycles. The van der Waals surface area contributed by atoms with E-state index >= 15 is 0 Å². The molecule has 0 bridgehead atoms. The number of rotatable bonds is 6. The Kier molecular flexibility index (Phi) is 5.15. The summed E-state index contributed by atoms with van der Waals surface area (Å²) in [6, 6.07) is 5.91. The topological polar surface area (TPSA) is 88.6 Å². The monoisotopic (exact) mass is 421 g/mol. The van der Waals surface area contributed by atoms with Crippen LogP contribution >= 0.6 is 11.3 Å². The maximum Gasteiger partial charge on any atom is 0.252 e. The second-order valence-corrected chi connectivity index (χ2v) is 10.3. The fraction of sp³-hybridized carbons (Fsp3) is 0.474. The average Bonchev–Trinajstić information content (AvgIpc) is 3.46. The number of methoxy groups -OCH3 is 1. The average molecular weight is 422 g/mol. The number of fused-ring (bicyclic) bond motifs is 1. The summed E-state index contributed by atoms with van der Waals surface area (Å²) in [5.41, 5.74) is 3.67. The summed E-state index contributed by atoms with van der Waals surface area (Å²) in [5, 5.41) is 3.06. The van der Waals surface area contributed by atoms with Gasteiger partial charge < -0.3 is 4.74 Å². The second kappa shape index (κ2) is 7.46. The number of sulfonamides is 1. The van der Waals surface area contributed by atoms with Gasteiger partial charge in [0.05, 0.1) is 21.5 Å². The number of aromatic nitrogens is 1. The smallest absolute Gasteiger partial charge is 0.252 e. The molecular formula is C19H23N3O4S2. The second-order valence-electron chi connectivity index (χ2n) is 7.18. The van der Waals surface area contributed by atoms with Crippen molar-refractivity contribution in [2.75, 3.05) is 29.9 Å². The van der Waals surface area contributed by atoms with Crippen LogP contribution in [0.2, 0.25) is 0 Å². The van der Waals surface area contributed by atoms with E-state index in [0.29, 0.717) is 11.7 Å². The van der Waals surface area contributed by atoms with E-state index in [2.05, 4.69) is 16.4 Å². The van der Waals surface area contributed by atoms with Gasteiger partial charge in [0.25, 0.3) is 5.91 Å². The lowest BCUT2D eigenvalue weighted by Gasteiger charge is -2.31. The Bertz CT molecular complexity index is 1010. The number of ether oxygens (including phenoxy) is 1. The van der Waals surface area contributed by atoms with Gasteiger partial charge in [0, 0.05) is 13.7 Å². The SMILES string of the molecule is COCC(=O)Nc1nc(C)c(-c2ccc3c(c2)CCCN3S(=O)(=O)C2CC2)s1. The number of carbonyl (C=O) groups is 1. The normalized spacial score (nSPS) is 16.7. The van der Waals surface area contributed by atoms with Gasteiger partial charge >= 0.3 is 0 Å². The predicted molar refractivity (Wildman–Crippen MR) is 110 cm³/mol. The Labute approximate surface area is 168 Å². The Hall–Kier alpha value is -1.97. The lowest BCUT2D eigenvalue weighted by Crippen LogP contribution is -2.37. The summed E-state index contributed by atoms with van der Waals surface area (Å²) in [7, 11) is -1.77. The van der Waals surface area contributed by atoms with Gasteiger partial charge in [-0.05, 0) is 55.9 Å². The van der Waals surface area contributed by atoms with Crippen molar-refractivity contribution in [1.82, 2.24) is 4.98 Å². The highest BCUT2D eigenvalue weighted by molar-refractivity contribution is 7.93. The third-order valence-electron chi connectivity index (χ3n) is 4.99. The fourth-order valence-corrected chi connectivity index (χ4v) is 6.42. The highest BCUT2D eigenvalue weighted by Crippen LogP contribution is 2.40. The van der Waals surface area contributed by atoms with Crippen molar-refractivity contribution in [3.63, 3.8) is 0 Å². The van der Waals surface area contributed by atoms with E-state index in [4.69, 9.17) is 4.74 Å². The van der Waals surface area contributed by atoms with Crippen molar-refractivity contribution in [3.05, 3.63) is 29.5 Å². The molecule has 1 fully saturated rings. The van der Waals surface area contributed by atoms with Crippen LogP contribution in [-0.2, 0) is 26.0 Å². The number of amides is 1. The van der Waals surface area contributed by atoms with Crippen LogP contribution in [0.4, 0.5) is 10.8 Å². The molecule has 7 nitrogen and oxygen atoms in total. The zero-order valence-electron chi connectivity index (χ0n) is 15.9. The standard InChI is InChI=1S/C19H23N3O4S2/c1-12-18(27-19(20-12)21-17(23)11-26-2)14-5-8-16-13(10-14)4-3-9-22(16)28(24,25)15-6-7-15/h5,8,10,15H,3-4,6-7,9,11H2,1-2H3,(H,20,21,23). The van der Waals surface area contributed by atoms with Gasteiger partial charge in [-0.15, -0.1) is 0 Å². The van der Waals surface area contributed by atoms with E-state index in [1.165, 1.54) is 18.4 Å². The van der Waals surface area contributed by atoms with Crippen molar-refractivity contribution in [1.29, 1.82) is 0 Å². The zero-order valence-corrected chi connectivity index (χ0v) is 17.5. The van der Waals surface area contributed by atoms with Crippen molar-refractivity contribution in [2.45, 2.75) is 37.9 Å². The molecule has 0 radical (unpaired) electrons. The fourth-order valence-electron chi connectivity index (χ4n) is 3.52. The van der Waals surface area contributed by atoms with E-state index in [1.54, 1.807) is 4.31 Å². The lowest BCUT2D eigenvalue weighted by atomic mass is 10.00. The maximum atomic E-state index is 12.7. The lowest BCUT2D eigenvalue weighted by molar-refractivity contribution is -0.119. The number of nitrogens with one attached hydrogen (secondary N) is 1.